The maximum Gasteiger partial charge on any atom is 0.177 e. The van der Waals surface area contributed by atoms with Crippen molar-refractivity contribution in [3.63, 3.8) is 0 Å². The summed E-state index contributed by atoms with van der Waals surface area (Å²) in [6.07, 6.45) is 1.15. The maximum atomic E-state index is 11.2. The standard InChI is InChI=1S/C8H8BrClO2S/c1-13(11,12)7-4-2-3-6(5-9)8(7)10/h2-4H,5H2,1H3. The molecule has 0 fully saturated rings. The first-order valence-corrected chi connectivity index (χ1v) is 6.89. The third kappa shape index (κ3) is 2.45. The Morgan fingerprint density at radius 3 is 2.54 bits per heavy atom. The van der Waals surface area contributed by atoms with Crippen molar-refractivity contribution < 1.29 is 8.42 Å². The SMILES string of the molecule is CS(=O)(=O)c1cccc(CBr)c1Cl. The van der Waals surface area contributed by atoms with Crippen molar-refractivity contribution in [3.05, 3.63) is 28.8 Å². The van der Waals surface area contributed by atoms with Gasteiger partial charge in [-0.1, -0.05) is 39.7 Å². The molecule has 0 amide bonds. The molecule has 0 bridgehead atoms. The van der Waals surface area contributed by atoms with Gasteiger partial charge >= 0.3 is 0 Å². The Morgan fingerprint density at radius 1 is 1.46 bits per heavy atom. The van der Waals surface area contributed by atoms with E-state index in [0.717, 1.165) is 11.8 Å². The molecule has 0 aromatic heterocycles. The topological polar surface area (TPSA) is 34.1 Å². The van der Waals surface area contributed by atoms with Crippen LogP contribution in [0.15, 0.2) is 23.1 Å². The number of halogens is 2. The van der Waals surface area contributed by atoms with Gasteiger partial charge < -0.3 is 0 Å². The van der Waals surface area contributed by atoms with Crippen LogP contribution in [0.4, 0.5) is 0 Å². The minimum absolute atomic E-state index is 0.186. The molecule has 0 aliphatic heterocycles. The summed E-state index contributed by atoms with van der Waals surface area (Å²) in [7, 11) is -3.22. The zero-order valence-electron chi connectivity index (χ0n) is 6.92. The van der Waals surface area contributed by atoms with Crippen LogP contribution in [0, 0.1) is 0 Å². The quantitative estimate of drug-likeness (QED) is 0.782. The average molecular weight is 284 g/mol. The third-order valence-electron chi connectivity index (χ3n) is 1.59. The molecule has 0 unspecified atom stereocenters. The molecule has 0 heterocycles. The molecule has 0 radical (unpaired) electrons. The van der Waals surface area contributed by atoms with Crippen LogP contribution in [0.5, 0.6) is 0 Å². The molecule has 1 aromatic carbocycles. The van der Waals surface area contributed by atoms with Crippen LogP contribution in [0.25, 0.3) is 0 Å². The van der Waals surface area contributed by atoms with Gasteiger partial charge in [-0.15, -0.1) is 0 Å². The highest BCUT2D eigenvalue weighted by Crippen LogP contribution is 2.26. The Labute approximate surface area is 91.0 Å². The second-order valence-corrected chi connectivity index (χ2v) is 5.56. The van der Waals surface area contributed by atoms with E-state index in [0.29, 0.717) is 10.4 Å². The Balaban J connectivity index is 3.41. The number of alkyl halides is 1. The van der Waals surface area contributed by atoms with E-state index in [-0.39, 0.29) is 4.90 Å². The van der Waals surface area contributed by atoms with Crippen molar-refractivity contribution >= 4 is 37.4 Å². The molecule has 0 N–H and O–H groups in total. The lowest BCUT2D eigenvalue weighted by Gasteiger charge is -2.04. The van der Waals surface area contributed by atoms with Crippen molar-refractivity contribution in [1.82, 2.24) is 0 Å². The van der Waals surface area contributed by atoms with Crippen molar-refractivity contribution in [2.75, 3.05) is 6.26 Å². The maximum absolute atomic E-state index is 11.2. The highest BCUT2D eigenvalue weighted by atomic mass is 79.9. The van der Waals surface area contributed by atoms with Gasteiger partial charge in [0.25, 0.3) is 0 Å². The lowest BCUT2D eigenvalue weighted by Crippen LogP contribution is -1.99. The van der Waals surface area contributed by atoms with Crippen molar-refractivity contribution in [2.45, 2.75) is 10.2 Å². The van der Waals surface area contributed by atoms with E-state index >= 15 is 0 Å². The van der Waals surface area contributed by atoms with E-state index in [2.05, 4.69) is 15.9 Å². The molecule has 0 aliphatic carbocycles. The summed E-state index contributed by atoms with van der Waals surface area (Å²) < 4.78 is 22.4. The first kappa shape index (κ1) is 11.0. The van der Waals surface area contributed by atoms with Crippen molar-refractivity contribution in [1.29, 1.82) is 0 Å². The highest BCUT2D eigenvalue weighted by molar-refractivity contribution is 9.08. The largest absolute Gasteiger partial charge is 0.224 e. The fraction of sp³-hybridized carbons (Fsp3) is 0.250. The number of sulfone groups is 1. The normalized spacial score (nSPS) is 11.6. The summed E-state index contributed by atoms with van der Waals surface area (Å²) in [6.45, 7) is 0. The molecule has 0 saturated heterocycles. The zero-order chi connectivity index (χ0) is 10.1. The van der Waals surface area contributed by atoms with Gasteiger partial charge in [0.2, 0.25) is 0 Å². The van der Waals surface area contributed by atoms with Crippen molar-refractivity contribution in [3.8, 4) is 0 Å². The fourth-order valence-corrected chi connectivity index (χ4v) is 2.97. The Bertz CT molecular complexity index is 414. The number of benzene rings is 1. The van der Waals surface area contributed by atoms with E-state index in [1.807, 2.05) is 0 Å². The van der Waals surface area contributed by atoms with Gasteiger partial charge in [0.1, 0.15) is 0 Å². The van der Waals surface area contributed by atoms with Crippen LogP contribution in [0.2, 0.25) is 5.02 Å². The van der Waals surface area contributed by atoms with Gasteiger partial charge in [-0.25, -0.2) is 8.42 Å². The average Bonchev–Trinajstić information content (AvgIpc) is 2.02. The van der Waals surface area contributed by atoms with E-state index in [1.54, 1.807) is 12.1 Å². The monoisotopic (exact) mass is 282 g/mol. The second-order valence-electron chi connectivity index (χ2n) is 2.64. The van der Waals surface area contributed by atoms with E-state index in [1.165, 1.54) is 6.07 Å². The molecule has 1 rings (SSSR count). The van der Waals surface area contributed by atoms with Gasteiger partial charge in [0, 0.05) is 11.6 Å². The summed E-state index contributed by atoms with van der Waals surface area (Å²) in [6, 6.07) is 4.97. The first-order chi connectivity index (χ1) is 5.96. The summed E-state index contributed by atoms with van der Waals surface area (Å²) in [4.78, 5) is 0.186. The Morgan fingerprint density at radius 2 is 2.08 bits per heavy atom. The Kier molecular flexibility index (Phi) is 3.38. The molecular formula is C8H8BrClO2S. The molecule has 0 saturated carbocycles. The first-order valence-electron chi connectivity index (χ1n) is 3.50. The van der Waals surface area contributed by atoms with Crippen LogP contribution in [-0.2, 0) is 15.2 Å². The van der Waals surface area contributed by atoms with Gasteiger partial charge in [-0.3, -0.25) is 0 Å². The minimum atomic E-state index is -3.22. The van der Waals surface area contributed by atoms with Crippen LogP contribution in [-0.4, -0.2) is 14.7 Å². The predicted molar refractivity (Wildman–Crippen MR) is 57.2 cm³/mol. The molecule has 0 spiro atoms. The molecule has 0 atom stereocenters. The van der Waals surface area contributed by atoms with Crippen LogP contribution in [0.1, 0.15) is 5.56 Å². The van der Waals surface area contributed by atoms with Gasteiger partial charge in [0.05, 0.1) is 9.92 Å². The second kappa shape index (κ2) is 3.98. The predicted octanol–water partition coefficient (Wildman–Crippen LogP) is 2.64. The molecule has 13 heavy (non-hydrogen) atoms. The van der Waals surface area contributed by atoms with Crippen LogP contribution < -0.4 is 0 Å². The summed E-state index contributed by atoms with van der Waals surface area (Å²) in [5, 5.41) is 0.858. The van der Waals surface area contributed by atoms with Gasteiger partial charge in [-0.2, -0.15) is 0 Å². The summed E-state index contributed by atoms with van der Waals surface area (Å²) in [5.41, 5.74) is 0.782. The molecular weight excluding hydrogens is 276 g/mol. The molecule has 1 aromatic rings. The summed E-state index contributed by atoms with van der Waals surface area (Å²) in [5.74, 6) is 0. The Hall–Kier alpha value is -0.0600. The van der Waals surface area contributed by atoms with Crippen LogP contribution in [0.3, 0.4) is 0 Å². The molecule has 0 aliphatic rings. The fourth-order valence-electron chi connectivity index (χ4n) is 0.946. The molecule has 5 heteroatoms. The van der Waals surface area contributed by atoms with Crippen LogP contribution >= 0.6 is 27.5 Å². The van der Waals surface area contributed by atoms with Crippen molar-refractivity contribution in [2.24, 2.45) is 0 Å². The lowest BCUT2D eigenvalue weighted by atomic mass is 10.2. The van der Waals surface area contributed by atoms with E-state index in [9.17, 15) is 8.42 Å². The van der Waals surface area contributed by atoms with E-state index in [4.69, 9.17) is 11.6 Å². The zero-order valence-corrected chi connectivity index (χ0v) is 10.1. The smallest absolute Gasteiger partial charge is 0.177 e. The highest BCUT2D eigenvalue weighted by Gasteiger charge is 2.13. The summed E-state index contributed by atoms with van der Waals surface area (Å²) >= 11 is 9.11. The van der Waals surface area contributed by atoms with Gasteiger partial charge in [-0.05, 0) is 11.6 Å². The number of hydrogen-bond donors (Lipinski definition) is 0. The minimum Gasteiger partial charge on any atom is -0.224 e. The molecule has 72 valence electrons. The third-order valence-corrected chi connectivity index (χ3v) is 3.89. The molecule has 2 nitrogen and oxygen atoms in total. The number of rotatable bonds is 2. The lowest BCUT2D eigenvalue weighted by molar-refractivity contribution is 0.602. The van der Waals surface area contributed by atoms with E-state index < -0.39 is 9.84 Å². The number of hydrogen-bond acceptors (Lipinski definition) is 2. The van der Waals surface area contributed by atoms with Gasteiger partial charge in [0.15, 0.2) is 9.84 Å².